The molecule has 2 rings (SSSR count). The lowest BCUT2D eigenvalue weighted by molar-refractivity contribution is 0.130. The van der Waals surface area contributed by atoms with E-state index in [4.69, 9.17) is 0 Å². The molecule has 3 N–H and O–H groups in total. The molecule has 5 heteroatoms. The van der Waals surface area contributed by atoms with Crippen LogP contribution in [0.2, 0.25) is 0 Å². The average molecular weight is 263 g/mol. The number of nitrogens with zero attached hydrogens (tertiary/aromatic N) is 1. The van der Waals surface area contributed by atoms with Crippen molar-refractivity contribution in [3.63, 3.8) is 0 Å². The Morgan fingerprint density at radius 2 is 1.95 bits per heavy atom. The van der Waals surface area contributed by atoms with Gasteiger partial charge in [-0.25, -0.2) is 4.79 Å². The largest absolute Gasteiger partial charge is 0.396 e. The fourth-order valence-corrected chi connectivity index (χ4v) is 2.68. The van der Waals surface area contributed by atoms with Gasteiger partial charge in [0.25, 0.3) is 0 Å². The molecule has 0 saturated carbocycles. The van der Waals surface area contributed by atoms with Gasteiger partial charge < -0.3 is 20.0 Å². The Balaban J connectivity index is 2.46. The van der Waals surface area contributed by atoms with Crippen LogP contribution in [0.3, 0.4) is 0 Å². The highest BCUT2D eigenvalue weighted by Gasteiger charge is 2.23. The van der Waals surface area contributed by atoms with Crippen molar-refractivity contribution in [2.45, 2.75) is 19.4 Å². The third kappa shape index (κ3) is 2.72. The molecule has 0 radical (unpaired) electrons. The predicted molar refractivity (Wildman–Crippen MR) is 76.2 cm³/mol. The van der Waals surface area contributed by atoms with Gasteiger partial charge in [-0.1, -0.05) is 13.0 Å². The number of fused-ring (bicyclic) bond motifs is 1. The van der Waals surface area contributed by atoms with Gasteiger partial charge in [-0.15, -0.1) is 0 Å². The lowest BCUT2D eigenvalue weighted by atomic mass is 9.90. The molecule has 2 atom stereocenters. The van der Waals surface area contributed by atoms with Crippen LogP contribution in [0.25, 0.3) is 11.0 Å². The average Bonchev–Trinajstić information content (AvgIpc) is 2.74. The first-order chi connectivity index (χ1) is 9.06. The zero-order chi connectivity index (χ0) is 14.0. The molecule has 0 aliphatic rings. The molecule has 19 heavy (non-hydrogen) atoms. The number of aliphatic hydroxyl groups excluding tert-OH is 1. The summed E-state index contributed by atoms with van der Waals surface area (Å²) in [7, 11) is 4.01. The van der Waals surface area contributed by atoms with Gasteiger partial charge in [0.1, 0.15) is 0 Å². The number of imidazole rings is 1. The third-order valence-corrected chi connectivity index (χ3v) is 3.64. The topological polar surface area (TPSA) is 72.1 Å². The molecule has 2 unspecified atom stereocenters. The second-order valence-corrected chi connectivity index (χ2v) is 5.14. The summed E-state index contributed by atoms with van der Waals surface area (Å²) in [6.45, 7) is 2.23. The maximum Gasteiger partial charge on any atom is 0.323 e. The summed E-state index contributed by atoms with van der Waals surface area (Å²) in [4.78, 5) is 18.9. The van der Waals surface area contributed by atoms with Crippen molar-refractivity contribution < 1.29 is 5.11 Å². The van der Waals surface area contributed by atoms with Gasteiger partial charge >= 0.3 is 5.69 Å². The van der Waals surface area contributed by atoms with E-state index in [1.54, 1.807) is 0 Å². The van der Waals surface area contributed by atoms with E-state index in [1.165, 1.54) is 0 Å². The van der Waals surface area contributed by atoms with Crippen molar-refractivity contribution in [3.05, 3.63) is 34.2 Å². The zero-order valence-electron chi connectivity index (χ0n) is 11.6. The van der Waals surface area contributed by atoms with Crippen LogP contribution in [-0.4, -0.2) is 40.7 Å². The Bertz CT molecular complexity index is 596. The predicted octanol–water partition coefficient (Wildman–Crippen LogP) is 1.48. The molecule has 1 aromatic heterocycles. The maximum atomic E-state index is 11.3. The van der Waals surface area contributed by atoms with Gasteiger partial charge in [-0.3, -0.25) is 0 Å². The highest BCUT2D eigenvalue weighted by molar-refractivity contribution is 5.75. The van der Waals surface area contributed by atoms with Crippen molar-refractivity contribution >= 4 is 11.0 Å². The summed E-state index contributed by atoms with van der Waals surface area (Å²) in [5, 5.41) is 9.53. The van der Waals surface area contributed by atoms with Crippen LogP contribution in [0.1, 0.15) is 24.9 Å². The van der Waals surface area contributed by atoms with Crippen molar-refractivity contribution in [3.8, 4) is 0 Å². The van der Waals surface area contributed by atoms with Crippen molar-refractivity contribution in [2.75, 3.05) is 20.7 Å². The first-order valence-electron chi connectivity index (χ1n) is 6.56. The maximum absolute atomic E-state index is 11.3. The van der Waals surface area contributed by atoms with Crippen LogP contribution < -0.4 is 5.69 Å². The molecule has 0 saturated heterocycles. The molecular weight excluding hydrogens is 242 g/mol. The first kappa shape index (κ1) is 13.8. The molecule has 0 aliphatic heterocycles. The number of aromatic amines is 2. The van der Waals surface area contributed by atoms with E-state index in [9.17, 15) is 9.90 Å². The van der Waals surface area contributed by atoms with Gasteiger partial charge in [-0.2, -0.15) is 0 Å². The quantitative estimate of drug-likeness (QED) is 0.765. The zero-order valence-corrected chi connectivity index (χ0v) is 11.6. The summed E-state index contributed by atoms with van der Waals surface area (Å²) < 4.78 is 0. The number of aromatic nitrogens is 2. The number of H-pyrrole nitrogens is 2. The van der Waals surface area contributed by atoms with Crippen LogP contribution in [0, 0.1) is 5.92 Å². The van der Waals surface area contributed by atoms with Crippen molar-refractivity contribution in [1.29, 1.82) is 0 Å². The van der Waals surface area contributed by atoms with E-state index < -0.39 is 0 Å². The molecule has 0 amide bonds. The Morgan fingerprint density at radius 3 is 2.53 bits per heavy atom. The Morgan fingerprint density at radius 1 is 1.26 bits per heavy atom. The minimum atomic E-state index is -0.192. The molecule has 0 fully saturated rings. The molecule has 5 nitrogen and oxygen atoms in total. The summed E-state index contributed by atoms with van der Waals surface area (Å²) in [6, 6.07) is 6.03. The van der Waals surface area contributed by atoms with Crippen molar-refractivity contribution in [2.24, 2.45) is 5.92 Å². The minimum absolute atomic E-state index is 0.137. The highest BCUT2D eigenvalue weighted by Crippen LogP contribution is 2.30. The molecule has 2 aromatic rings. The molecule has 0 aliphatic carbocycles. The van der Waals surface area contributed by atoms with Crippen LogP contribution in [-0.2, 0) is 0 Å². The van der Waals surface area contributed by atoms with Gasteiger partial charge in [0.2, 0.25) is 0 Å². The Labute approximate surface area is 112 Å². The van der Waals surface area contributed by atoms with Crippen molar-refractivity contribution in [1.82, 2.24) is 14.9 Å². The number of hydrogen-bond acceptors (Lipinski definition) is 3. The standard InChI is InChI=1S/C14H21N3O2/c1-4-9(8-18)13(17(2)3)10-5-6-11-12(7-10)16-14(19)15-11/h5-7,9,13,18H,4,8H2,1-3H3,(H2,15,16,19). The second kappa shape index (κ2) is 5.59. The van der Waals surface area contributed by atoms with Crippen LogP contribution >= 0.6 is 0 Å². The number of rotatable bonds is 5. The number of aliphatic hydroxyl groups is 1. The van der Waals surface area contributed by atoms with Gasteiger partial charge in [0.15, 0.2) is 0 Å². The van der Waals surface area contributed by atoms with E-state index in [-0.39, 0.29) is 24.3 Å². The number of hydrogen-bond donors (Lipinski definition) is 3. The monoisotopic (exact) mass is 263 g/mol. The van der Waals surface area contributed by atoms with E-state index in [0.29, 0.717) is 0 Å². The molecule has 1 heterocycles. The lowest BCUT2D eigenvalue weighted by Gasteiger charge is -2.31. The molecular formula is C14H21N3O2. The van der Waals surface area contributed by atoms with Gasteiger partial charge in [0, 0.05) is 18.6 Å². The van der Waals surface area contributed by atoms with Gasteiger partial charge in [0.05, 0.1) is 11.0 Å². The van der Waals surface area contributed by atoms with Crippen LogP contribution in [0.15, 0.2) is 23.0 Å². The molecule has 104 valence electrons. The summed E-state index contributed by atoms with van der Waals surface area (Å²) in [5.41, 5.74) is 2.53. The van der Waals surface area contributed by atoms with E-state index in [2.05, 4.69) is 21.8 Å². The lowest BCUT2D eigenvalue weighted by Crippen LogP contribution is -2.29. The molecule has 0 spiro atoms. The van der Waals surface area contributed by atoms with Crippen LogP contribution in [0.4, 0.5) is 0 Å². The second-order valence-electron chi connectivity index (χ2n) is 5.14. The minimum Gasteiger partial charge on any atom is -0.396 e. The SMILES string of the molecule is CCC(CO)C(c1ccc2[nH]c(=O)[nH]c2c1)N(C)C. The number of benzene rings is 1. The third-order valence-electron chi connectivity index (χ3n) is 3.64. The summed E-state index contributed by atoms with van der Waals surface area (Å²) >= 11 is 0. The Hall–Kier alpha value is -1.59. The Kier molecular flexibility index (Phi) is 4.07. The normalized spacial score (nSPS) is 15.0. The first-order valence-corrected chi connectivity index (χ1v) is 6.56. The van der Waals surface area contributed by atoms with E-state index in [0.717, 1.165) is 23.0 Å². The fraction of sp³-hybridized carbons (Fsp3) is 0.500. The number of nitrogens with one attached hydrogen (secondary N) is 2. The fourth-order valence-electron chi connectivity index (χ4n) is 2.68. The van der Waals surface area contributed by atoms with E-state index in [1.807, 2.05) is 32.3 Å². The molecule has 0 bridgehead atoms. The van der Waals surface area contributed by atoms with Crippen LogP contribution in [0.5, 0.6) is 0 Å². The summed E-state index contributed by atoms with van der Waals surface area (Å²) in [5.74, 6) is 0.179. The van der Waals surface area contributed by atoms with Gasteiger partial charge in [-0.05, 0) is 38.2 Å². The molecule has 1 aromatic carbocycles. The highest BCUT2D eigenvalue weighted by atomic mass is 16.3. The smallest absolute Gasteiger partial charge is 0.323 e. The van der Waals surface area contributed by atoms with E-state index >= 15 is 0 Å². The summed E-state index contributed by atoms with van der Waals surface area (Å²) in [6.07, 6.45) is 0.904.